The third kappa shape index (κ3) is 1.89. The van der Waals surface area contributed by atoms with Crippen LogP contribution in [0, 0.1) is 6.92 Å². The quantitative estimate of drug-likeness (QED) is 0.635. The number of aryl methyl sites for hydroxylation is 2. The summed E-state index contributed by atoms with van der Waals surface area (Å²) in [6.07, 6.45) is 3.38. The highest BCUT2D eigenvalue weighted by Crippen LogP contribution is 2.29. The highest BCUT2D eigenvalue weighted by molar-refractivity contribution is 5.93. The number of rotatable bonds is 0. The molecule has 1 amide bonds. The second-order valence-corrected chi connectivity index (χ2v) is 4.21. The maximum absolute atomic E-state index is 11.6. The van der Waals surface area contributed by atoms with E-state index < -0.39 is 0 Å². The van der Waals surface area contributed by atoms with Gasteiger partial charge in [-0.15, -0.1) is 0 Å². The van der Waals surface area contributed by atoms with Crippen LogP contribution in [0.4, 0.5) is 5.69 Å². The minimum atomic E-state index is 0.160. The highest BCUT2D eigenvalue weighted by Gasteiger charge is 2.19. The van der Waals surface area contributed by atoms with Crippen molar-refractivity contribution in [2.24, 2.45) is 0 Å². The molecule has 0 unspecified atom stereocenters. The van der Waals surface area contributed by atoms with E-state index in [1.54, 1.807) is 6.92 Å². The Balaban J connectivity index is 2.51. The van der Waals surface area contributed by atoms with E-state index in [4.69, 9.17) is 0 Å². The van der Waals surface area contributed by atoms with Crippen LogP contribution in [0.15, 0.2) is 18.2 Å². The van der Waals surface area contributed by atoms with E-state index in [9.17, 15) is 4.79 Å². The number of carbonyl (C=O) groups is 1. The second-order valence-electron chi connectivity index (χ2n) is 4.21. The summed E-state index contributed by atoms with van der Waals surface area (Å²) >= 11 is 0. The van der Waals surface area contributed by atoms with E-state index in [2.05, 4.69) is 25.1 Å². The Morgan fingerprint density at radius 3 is 2.87 bits per heavy atom. The van der Waals surface area contributed by atoms with E-state index in [-0.39, 0.29) is 5.91 Å². The highest BCUT2D eigenvalue weighted by atomic mass is 16.2. The number of fused-ring (bicyclic) bond motifs is 1. The van der Waals surface area contributed by atoms with Gasteiger partial charge in [-0.2, -0.15) is 0 Å². The molecule has 0 N–H and O–H groups in total. The summed E-state index contributed by atoms with van der Waals surface area (Å²) in [6.45, 7) is 4.61. The van der Waals surface area contributed by atoms with Crippen LogP contribution in [0.5, 0.6) is 0 Å². The molecule has 1 aliphatic heterocycles. The Hall–Kier alpha value is -1.31. The van der Waals surface area contributed by atoms with Gasteiger partial charge in [0, 0.05) is 19.2 Å². The number of amides is 1. The van der Waals surface area contributed by atoms with Gasteiger partial charge in [0.1, 0.15) is 0 Å². The molecule has 0 saturated carbocycles. The molecule has 0 atom stereocenters. The van der Waals surface area contributed by atoms with Gasteiger partial charge in [0.25, 0.3) is 0 Å². The summed E-state index contributed by atoms with van der Waals surface area (Å²) in [5.41, 5.74) is 3.69. The lowest BCUT2D eigenvalue weighted by molar-refractivity contribution is -0.116. The molecule has 2 rings (SSSR count). The molecule has 0 bridgehead atoms. The van der Waals surface area contributed by atoms with Crippen LogP contribution >= 0.6 is 0 Å². The molecule has 0 spiro atoms. The zero-order chi connectivity index (χ0) is 10.8. The summed E-state index contributed by atoms with van der Waals surface area (Å²) in [6, 6.07) is 6.31. The van der Waals surface area contributed by atoms with Crippen molar-refractivity contribution >= 4 is 11.6 Å². The van der Waals surface area contributed by atoms with Crippen molar-refractivity contribution in [2.75, 3.05) is 11.4 Å². The van der Waals surface area contributed by atoms with Gasteiger partial charge in [-0.3, -0.25) is 4.79 Å². The van der Waals surface area contributed by atoms with Crippen molar-refractivity contribution in [1.29, 1.82) is 0 Å². The number of anilines is 1. The molecule has 1 heterocycles. The molecule has 2 nitrogen and oxygen atoms in total. The van der Waals surface area contributed by atoms with Gasteiger partial charge in [-0.1, -0.05) is 18.2 Å². The van der Waals surface area contributed by atoms with Gasteiger partial charge in [-0.05, 0) is 37.3 Å². The predicted octanol–water partition coefficient (Wildman–Crippen LogP) is 2.68. The molecule has 0 fully saturated rings. The lowest BCUT2D eigenvalue weighted by Gasteiger charge is -2.23. The van der Waals surface area contributed by atoms with E-state index in [1.807, 2.05) is 4.90 Å². The summed E-state index contributed by atoms with van der Waals surface area (Å²) < 4.78 is 0. The van der Waals surface area contributed by atoms with E-state index in [1.165, 1.54) is 17.5 Å². The number of para-hydroxylation sites is 1. The Bertz CT molecular complexity index is 384. The third-order valence-electron chi connectivity index (χ3n) is 3.05. The second kappa shape index (κ2) is 4.05. The van der Waals surface area contributed by atoms with Crippen LogP contribution in [0.2, 0.25) is 0 Å². The maximum atomic E-state index is 11.6. The van der Waals surface area contributed by atoms with E-state index in [0.717, 1.165) is 25.1 Å². The van der Waals surface area contributed by atoms with Crippen molar-refractivity contribution in [3.8, 4) is 0 Å². The number of nitrogens with zero attached hydrogens (tertiary/aromatic N) is 1. The fourth-order valence-corrected chi connectivity index (χ4v) is 2.32. The average molecular weight is 203 g/mol. The molecular formula is C13H17NO. The van der Waals surface area contributed by atoms with E-state index >= 15 is 0 Å². The average Bonchev–Trinajstić information content (AvgIpc) is 2.40. The van der Waals surface area contributed by atoms with Gasteiger partial charge in [0.2, 0.25) is 5.91 Å². The Kier molecular flexibility index (Phi) is 2.76. The third-order valence-corrected chi connectivity index (χ3v) is 3.05. The van der Waals surface area contributed by atoms with Gasteiger partial charge in [0.15, 0.2) is 0 Å². The van der Waals surface area contributed by atoms with Crippen LogP contribution in [-0.4, -0.2) is 12.5 Å². The molecular weight excluding hydrogens is 186 g/mol. The van der Waals surface area contributed by atoms with Crippen LogP contribution in [-0.2, 0) is 11.2 Å². The maximum Gasteiger partial charge on any atom is 0.223 e. The first kappa shape index (κ1) is 10.2. The van der Waals surface area contributed by atoms with Gasteiger partial charge < -0.3 is 4.90 Å². The number of hydrogen-bond acceptors (Lipinski definition) is 1. The Labute approximate surface area is 90.9 Å². The van der Waals surface area contributed by atoms with Crippen molar-refractivity contribution in [3.05, 3.63) is 29.3 Å². The monoisotopic (exact) mass is 203 g/mol. The zero-order valence-corrected chi connectivity index (χ0v) is 9.42. The van der Waals surface area contributed by atoms with E-state index in [0.29, 0.717) is 0 Å². The van der Waals surface area contributed by atoms with Crippen molar-refractivity contribution in [3.63, 3.8) is 0 Å². The fourth-order valence-electron chi connectivity index (χ4n) is 2.32. The number of carbonyl (C=O) groups excluding carboxylic acids is 1. The lowest BCUT2D eigenvalue weighted by Crippen LogP contribution is -2.29. The number of hydrogen-bond donors (Lipinski definition) is 0. The first-order valence-electron chi connectivity index (χ1n) is 5.57. The zero-order valence-electron chi connectivity index (χ0n) is 9.42. The Morgan fingerprint density at radius 2 is 2.13 bits per heavy atom. The number of benzene rings is 1. The van der Waals surface area contributed by atoms with Crippen LogP contribution in [0.3, 0.4) is 0 Å². The van der Waals surface area contributed by atoms with Gasteiger partial charge in [0.05, 0.1) is 0 Å². The van der Waals surface area contributed by atoms with Crippen molar-refractivity contribution in [2.45, 2.75) is 33.1 Å². The summed E-state index contributed by atoms with van der Waals surface area (Å²) in [5.74, 6) is 0.160. The lowest BCUT2D eigenvalue weighted by atomic mass is 10.0. The standard InChI is InChI=1S/C13H17NO/c1-10-6-5-8-12-7-3-4-9-14(11(2)15)13(10)12/h5-6,8H,3-4,7,9H2,1-2H3. The van der Waals surface area contributed by atoms with Crippen molar-refractivity contribution < 1.29 is 4.79 Å². The van der Waals surface area contributed by atoms with Crippen LogP contribution < -0.4 is 4.90 Å². The summed E-state index contributed by atoms with van der Waals surface area (Å²) in [5, 5.41) is 0. The molecule has 0 saturated heterocycles. The molecule has 1 aromatic carbocycles. The van der Waals surface area contributed by atoms with Gasteiger partial charge >= 0.3 is 0 Å². The molecule has 1 aliphatic rings. The predicted molar refractivity (Wildman–Crippen MR) is 62.1 cm³/mol. The normalized spacial score (nSPS) is 15.7. The van der Waals surface area contributed by atoms with Crippen LogP contribution in [0.25, 0.3) is 0 Å². The molecule has 0 aliphatic carbocycles. The largest absolute Gasteiger partial charge is 0.312 e. The fraction of sp³-hybridized carbons (Fsp3) is 0.462. The molecule has 15 heavy (non-hydrogen) atoms. The topological polar surface area (TPSA) is 20.3 Å². The van der Waals surface area contributed by atoms with Crippen LogP contribution in [0.1, 0.15) is 30.9 Å². The Morgan fingerprint density at radius 1 is 1.33 bits per heavy atom. The molecule has 80 valence electrons. The summed E-state index contributed by atoms with van der Waals surface area (Å²) in [7, 11) is 0. The van der Waals surface area contributed by atoms with Gasteiger partial charge in [-0.25, -0.2) is 0 Å². The molecule has 0 aromatic heterocycles. The van der Waals surface area contributed by atoms with Crippen molar-refractivity contribution in [1.82, 2.24) is 0 Å². The first-order chi connectivity index (χ1) is 7.20. The smallest absolute Gasteiger partial charge is 0.223 e. The first-order valence-corrected chi connectivity index (χ1v) is 5.57. The molecule has 0 radical (unpaired) electrons. The summed E-state index contributed by atoms with van der Waals surface area (Å²) in [4.78, 5) is 13.5. The minimum absolute atomic E-state index is 0.160. The minimum Gasteiger partial charge on any atom is -0.312 e. The SMILES string of the molecule is CC(=O)N1CCCCc2cccc(C)c21. The molecule has 2 heteroatoms. The molecule has 1 aromatic rings.